The molecule has 35 heavy (non-hydrogen) atoms. The summed E-state index contributed by atoms with van der Waals surface area (Å²) in [5.74, 6) is -0.642. The van der Waals surface area contributed by atoms with Gasteiger partial charge in [0.15, 0.2) is 5.78 Å². The molecular weight excluding hydrogens is 470 g/mol. The largest absolute Gasteiger partial charge is 0.462 e. The van der Waals surface area contributed by atoms with Gasteiger partial charge in [0.25, 0.3) is 0 Å². The fourth-order valence-corrected chi connectivity index (χ4v) is 5.47. The number of ether oxygens (including phenoxy) is 2. The number of aromatic nitrogens is 2. The lowest BCUT2D eigenvalue weighted by molar-refractivity contribution is 0.0532. The molecule has 1 aromatic carbocycles. The highest BCUT2D eigenvalue weighted by atomic mass is 32.1. The first kappa shape index (κ1) is 23.2. The predicted octanol–water partition coefficient (Wildman–Crippen LogP) is 3.67. The lowest BCUT2D eigenvalue weighted by atomic mass is 10.1. The maximum absolute atomic E-state index is 13.5. The number of esters is 1. The quantitative estimate of drug-likeness (QED) is 0.334. The number of fused-ring (bicyclic) bond motifs is 3. The van der Waals surface area contributed by atoms with Gasteiger partial charge < -0.3 is 14.8 Å². The maximum Gasteiger partial charge on any atom is 0.348 e. The Morgan fingerprint density at radius 1 is 1.26 bits per heavy atom. The van der Waals surface area contributed by atoms with Crippen molar-refractivity contribution in [2.45, 2.75) is 25.8 Å². The minimum absolute atomic E-state index is 0.117. The van der Waals surface area contributed by atoms with Gasteiger partial charge in [-0.1, -0.05) is 12.1 Å². The number of nitrogens with one attached hydrogen (secondary N) is 3. The molecule has 3 heterocycles. The van der Waals surface area contributed by atoms with Crippen molar-refractivity contribution < 1.29 is 23.9 Å². The molecule has 11 heteroatoms. The van der Waals surface area contributed by atoms with Crippen LogP contribution in [0.1, 0.15) is 45.4 Å². The first-order chi connectivity index (χ1) is 17.0. The van der Waals surface area contributed by atoms with Gasteiger partial charge in [0.1, 0.15) is 10.6 Å². The third kappa shape index (κ3) is 4.22. The number of rotatable bonds is 7. The van der Waals surface area contributed by atoms with Crippen molar-refractivity contribution in [3.8, 4) is 21.8 Å². The van der Waals surface area contributed by atoms with Crippen LogP contribution in [0.3, 0.4) is 0 Å². The van der Waals surface area contributed by atoms with Crippen LogP contribution in [0.15, 0.2) is 30.3 Å². The van der Waals surface area contributed by atoms with Gasteiger partial charge >= 0.3 is 12.0 Å². The molecule has 0 radical (unpaired) electrons. The van der Waals surface area contributed by atoms with Crippen LogP contribution in [0.5, 0.6) is 0 Å². The highest BCUT2D eigenvalue weighted by molar-refractivity contribution is 7.17. The van der Waals surface area contributed by atoms with Gasteiger partial charge in [-0.05, 0) is 38.0 Å². The number of ketones is 1. The number of hydrazine groups is 1. The normalized spacial score (nSPS) is 16.7. The summed E-state index contributed by atoms with van der Waals surface area (Å²) in [6, 6.07) is 8.42. The minimum atomic E-state index is -0.419. The summed E-state index contributed by atoms with van der Waals surface area (Å²) in [6.45, 7) is 3.30. The van der Waals surface area contributed by atoms with Gasteiger partial charge in [0.05, 0.1) is 46.6 Å². The molecule has 1 aliphatic heterocycles. The number of thiophene rings is 1. The first-order valence-corrected chi connectivity index (χ1v) is 12.2. The topological polar surface area (TPSA) is 126 Å². The zero-order chi connectivity index (χ0) is 24.5. The number of carbonyl (C=O) groups excluding carboxylic acids is 3. The van der Waals surface area contributed by atoms with Crippen LogP contribution in [-0.4, -0.2) is 65.9 Å². The van der Waals surface area contributed by atoms with Gasteiger partial charge in [0.2, 0.25) is 0 Å². The number of urea groups is 1. The lowest BCUT2D eigenvalue weighted by Crippen LogP contribution is -2.48. The average molecular weight is 496 g/mol. The Labute approximate surface area is 205 Å². The van der Waals surface area contributed by atoms with E-state index in [2.05, 4.69) is 20.9 Å². The fourth-order valence-electron chi connectivity index (χ4n) is 4.57. The minimum Gasteiger partial charge on any atom is -0.462 e. The number of methoxy groups -OCH3 is 1. The standard InChI is InChI=1S/C24H25N5O5S/c1-3-34-23(31)17-10-9-16(35-17)21-19-20(26-27-21)14-7-4-8-15(18(14)22(19)30)25-24(32)28-29-11-5-6-13(29)12-33-2/h4,7-10,13H,3,5-6,11-12H2,1-2H3,(H,26,27)(H2,25,28,32)/t13-/m1/s1. The molecule has 2 amide bonds. The fraction of sp³-hybridized carbons (Fsp3) is 0.333. The molecule has 3 N–H and O–H groups in total. The number of hydrogen-bond acceptors (Lipinski definition) is 8. The predicted molar refractivity (Wildman–Crippen MR) is 130 cm³/mol. The second-order valence-electron chi connectivity index (χ2n) is 8.27. The van der Waals surface area contributed by atoms with E-state index in [0.717, 1.165) is 19.4 Å². The summed E-state index contributed by atoms with van der Waals surface area (Å²) < 4.78 is 10.3. The smallest absolute Gasteiger partial charge is 0.348 e. The molecule has 0 unspecified atom stereocenters. The molecule has 0 spiro atoms. The van der Waals surface area contributed by atoms with Crippen LogP contribution in [0.2, 0.25) is 0 Å². The van der Waals surface area contributed by atoms with Gasteiger partial charge in [-0.15, -0.1) is 11.3 Å². The highest BCUT2D eigenvalue weighted by Crippen LogP contribution is 2.44. The third-order valence-corrected chi connectivity index (χ3v) is 7.18. The molecule has 2 aromatic heterocycles. The van der Waals surface area contributed by atoms with Crippen LogP contribution in [0.25, 0.3) is 21.8 Å². The maximum atomic E-state index is 13.5. The SMILES string of the molecule is CCOC(=O)c1ccc(-c2[nH]nc3c2C(=O)c2c(NC(=O)NN4CCC[C@@H]4COC)cccc2-3)s1. The van der Waals surface area contributed by atoms with Gasteiger partial charge in [-0.25, -0.2) is 14.6 Å². The van der Waals surface area contributed by atoms with Crippen molar-refractivity contribution in [2.75, 3.05) is 32.2 Å². The number of nitrogens with zero attached hydrogens (tertiary/aromatic N) is 2. The average Bonchev–Trinajstić information content (AvgIpc) is 3.61. The van der Waals surface area contributed by atoms with E-state index in [9.17, 15) is 14.4 Å². The third-order valence-electron chi connectivity index (χ3n) is 6.10. The van der Waals surface area contributed by atoms with Crippen molar-refractivity contribution in [3.63, 3.8) is 0 Å². The summed E-state index contributed by atoms with van der Waals surface area (Å²) in [4.78, 5) is 39.5. The Kier molecular flexibility index (Phi) is 6.37. The Bertz CT molecular complexity index is 1300. The molecule has 5 rings (SSSR count). The zero-order valence-electron chi connectivity index (χ0n) is 19.3. The van der Waals surface area contributed by atoms with Gasteiger partial charge in [-0.3, -0.25) is 15.3 Å². The zero-order valence-corrected chi connectivity index (χ0v) is 20.2. The summed E-state index contributed by atoms with van der Waals surface area (Å²) in [6.07, 6.45) is 1.91. The number of hydrogen-bond donors (Lipinski definition) is 3. The van der Waals surface area contributed by atoms with E-state index in [1.807, 2.05) is 5.01 Å². The Balaban J connectivity index is 1.38. The Morgan fingerprint density at radius 2 is 2.11 bits per heavy atom. The van der Waals surface area contributed by atoms with Crippen molar-refractivity contribution >= 4 is 34.8 Å². The molecule has 1 fully saturated rings. The number of benzene rings is 1. The molecule has 0 bridgehead atoms. The Hall–Kier alpha value is -3.54. The van der Waals surface area contributed by atoms with Crippen LogP contribution in [0, 0.1) is 0 Å². The highest BCUT2D eigenvalue weighted by Gasteiger charge is 2.36. The number of anilines is 1. The number of amides is 2. The van der Waals surface area contributed by atoms with E-state index in [0.29, 0.717) is 50.1 Å². The molecule has 1 atom stereocenters. The second kappa shape index (κ2) is 9.61. The van der Waals surface area contributed by atoms with E-state index in [-0.39, 0.29) is 18.4 Å². The molecule has 10 nitrogen and oxygen atoms in total. The number of aromatic amines is 1. The lowest BCUT2D eigenvalue weighted by Gasteiger charge is -2.24. The Morgan fingerprint density at radius 3 is 2.91 bits per heavy atom. The van der Waals surface area contributed by atoms with Crippen molar-refractivity contribution in [2.24, 2.45) is 0 Å². The number of H-pyrrole nitrogens is 1. The molecule has 0 saturated carbocycles. The molecule has 1 aliphatic carbocycles. The van der Waals surface area contributed by atoms with E-state index < -0.39 is 12.0 Å². The molecule has 3 aromatic rings. The summed E-state index contributed by atoms with van der Waals surface area (Å²) in [5.41, 5.74) is 5.81. The van der Waals surface area contributed by atoms with Crippen LogP contribution < -0.4 is 10.7 Å². The van der Waals surface area contributed by atoms with Gasteiger partial charge in [-0.2, -0.15) is 5.10 Å². The summed E-state index contributed by atoms with van der Waals surface area (Å²) in [7, 11) is 1.64. The van der Waals surface area contributed by atoms with Crippen molar-refractivity contribution in [1.82, 2.24) is 20.6 Å². The van der Waals surface area contributed by atoms with Crippen LogP contribution in [0.4, 0.5) is 10.5 Å². The first-order valence-electron chi connectivity index (χ1n) is 11.4. The van der Waals surface area contributed by atoms with Gasteiger partial charge in [0, 0.05) is 19.2 Å². The molecule has 2 aliphatic rings. The summed E-state index contributed by atoms with van der Waals surface area (Å²) in [5, 5.41) is 12.0. The molecule has 182 valence electrons. The van der Waals surface area contributed by atoms with Crippen LogP contribution in [-0.2, 0) is 9.47 Å². The van der Waals surface area contributed by atoms with Crippen molar-refractivity contribution in [1.29, 1.82) is 0 Å². The summed E-state index contributed by atoms with van der Waals surface area (Å²) >= 11 is 1.23. The number of carbonyl (C=O) groups is 3. The van der Waals surface area contributed by atoms with E-state index in [1.54, 1.807) is 44.4 Å². The van der Waals surface area contributed by atoms with E-state index >= 15 is 0 Å². The van der Waals surface area contributed by atoms with E-state index in [4.69, 9.17) is 9.47 Å². The van der Waals surface area contributed by atoms with Crippen molar-refractivity contribution in [3.05, 3.63) is 46.3 Å². The molecular formula is C24H25N5O5S. The molecule has 1 saturated heterocycles. The second-order valence-corrected chi connectivity index (χ2v) is 9.36. The van der Waals surface area contributed by atoms with E-state index in [1.165, 1.54) is 11.3 Å². The van der Waals surface area contributed by atoms with Crippen LogP contribution >= 0.6 is 11.3 Å². The monoisotopic (exact) mass is 495 g/mol.